The molecular formula is C14H26O3S. The summed E-state index contributed by atoms with van der Waals surface area (Å²) in [6, 6.07) is 0. The molecule has 0 saturated heterocycles. The zero-order valence-electron chi connectivity index (χ0n) is 11.6. The lowest BCUT2D eigenvalue weighted by Crippen LogP contribution is -2.14. The Hall–Kier alpha value is -0.480. The van der Waals surface area contributed by atoms with Gasteiger partial charge in [-0.15, -0.1) is 11.8 Å². The second-order valence-electron chi connectivity index (χ2n) is 4.32. The quantitative estimate of drug-likeness (QED) is 0.435. The maximum Gasteiger partial charge on any atom is 0.316 e. The van der Waals surface area contributed by atoms with E-state index in [1.54, 1.807) is 7.11 Å². The van der Waals surface area contributed by atoms with Gasteiger partial charge in [0.1, 0.15) is 5.25 Å². The summed E-state index contributed by atoms with van der Waals surface area (Å²) in [5.41, 5.74) is 0. The van der Waals surface area contributed by atoms with Crippen LogP contribution in [0.15, 0.2) is 12.2 Å². The lowest BCUT2D eigenvalue weighted by Gasteiger charge is -2.04. The topological polar surface area (TPSA) is 46.5 Å². The molecule has 0 amide bonds. The number of allylic oxidation sites excluding steroid dienone is 2. The third-order valence-electron chi connectivity index (χ3n) is 2.80. The van der Waals surface area contributed by atoms with Crippen LogP contribution in [0.4, 0.5) is 0 Å². The Morgan fingerprint density at radius 2 is 1.89 bits per heavy atom. The highest BCUT2D eigenvalue weighted by molar-refractivity contribution is 7.99. The van der Waals surface area contributed by atoms with E-state index in [0.717, 1.165) is 19.4 Å². The first-order valence-electron chi connectivity index (χ1n) is 6.62. The van der Waals surface area contributed by atoms with Crippen LogP contribution in [0.2, 0.25) is 0 Å². The summed E-state index contributed by atoms with van der Waals surface area (Å²) in [5, 5.41) is 8.56. The second kappa shape index (κ2) is 13.0. The zero-order valence-corrected chi connectivity index (χ0v) is 12.4. The van der Waals surface area contributed by atoms with Crippen molar-refractivity contribution in [3.05, 3.63) is 12.2 Å². The van der Waals surface area contributed by atoms with E-state index in [-0.39, 0.29) is 5.25 Å². The smallest absolute Gasteiger partial charge is 0.316 e. The molecule has 3 nitrogen and oxygen atoms in total. The summed E-state index contributed by atoms with van der Waals surface area (Å²) in [4.78, 5) is 10.8. The van der Waals surface area contributed by atoms with Crippen LogP contribution >= 0.6 is 11.8 Å². The maximum absolute atomic E-state index is 10.8. The summed E-state index contributed by atoms with van der Waals surface area (Å²) in [6.45, 7) is 0.866. The van der Waals surface area contributed by atoms with Gasteiger partial charge in [0.15, 0.2) is 0 Å². The SMILES string of the molecule is COCCCCCCCC=CCC(SC)C(=O)O. The second-order valence-corrected chi connectivity index (χ2v) is 5.36. The van der Waals surface area contributed by atoms with E-state index in [1.165, 1.54) is 37.4 Å². The van der Waals surface area contributed by atoms with Gasteiger partial charge in [-0.1, -0.05) is 31.4 Å². The number of carboxylic acid groups (broad SMARTS) is 1. The van der Waals surface area contributed by atoms with Crippen LogP contribution in [-0.4, -0.2) is 36.3 Å². The normalized spacial score (nSPS) is 13.0. The van der Waals surface area contributed by atoms with Gasteiger partial charge in [-0.25, -0.2) is 0 Å². The summed E-state index contributed by atoms with van der Waals surface area (Å²) in [5.74, 6) is -0.717. The summed E-state index contributed by atoms with van der Waals surface area (Å²) < 4.78 is 4.99. The van der Waals surface area contributed by atoms with Crippen molar-refractivity contribution in [1.82, 2.24) is 0 Å². The molecule has 0 aliphatic heterocycles. The Bertz CT molecular complexity index is 229. The van der Waals surface area contributed by atoms with Crippen molar-refractivity contribution >= 4 is 17.7 Å². The van der Waals surface area contributed by atoms with Crippen molar-refractivity contribution in [2.24, 2.45) is 0 Å². The van der Waals surface area contributed by atoms with E-state index in [1.807, 2.05) is 12.3 Å². The lowest BCUT2D eigenvalue weighted by atomic mass is 10.1. The van der Waals surface area contributed by atoms with Crippen LogP contribution in [0.5, 0.6) is 0 Å². The Morgan fingerprint density at radius 3 is 2.50 bits per heavy atom. The Balaban J connectivity index is 3.35. The summed E-state index contributed by atoms with van der Waals surface area (Å²) in [6.07, 6.45) is 13.7. The molecule has 0 heterocycles. The minimum absolute atomic E-state index is 0.296. The third kappa shape index (κ3) is 10.7. The number of unbranched alkanes of at least 4 members (excludes halogenated alkanes) is 5. The molecule has 0 aliphatic carbocycles. The molecule has 0 aromatic carbocycles. The van der Waals surface area contributed by atoms with E-state index in [9.17, 15) is 4.79 Å². The molecule has 0 aromatic heterocycles. The highest BCUT2D eigenvalue weighted by Gasteiger charge is 2.12. The molecule has 106 valence electrons. The Morgan fingerprint density at radius 1 is 1.22 bits per heavy atom. The molecule has 18 heavy (non-hydrogen) atoms. The molecule has 0 spiro atoms. The van der Waals surface area contributed by atoms with Crippen LogP contribution in [0, 0.1) is 0 Å². The standard InChI is InChI=1S/C14H26O3S/c1-17-12-10-8-6-4-3-5-7-9-11-13(18-2)14(15)16/h7,9,13H,3-6,8,10-12H2,1-2H3,(H,15,16). The van der Waals surface area contributed by atoms with Gasteiger partial charge in [-0.05, 0) is 31.9 Å². The first-order valence-corrected chi connectivity index (χ1v) is 7.90. The number of ether oxygens (including phenoxy) is 1. The molecule has 0 bridgehead atoms. The molecule has 1 atom stereocenters. The monoisotopic (exact) mass is 274 g/mol. The number of thioether (sulfide) groups is 1. The number of hydrogen-bond acceptors (Lipinski definition) is 3. The molecule has 0 saturated carbocycles. The highest BCUT2D eigenvalue weighted by Crippen LogP contribution is 2.12. The Labute approximate surface area is 115 Å². The molecule has 0 rings (SSSR count). The summed E-state index contributed by atoms with van der Waals surface area (Å²) in [7, 11) is 1.74. The highest BCUT2D eigenvalue weighted by atomic mass is 32.2. The average Bonchev–Trinajstić information content (AvgIpc) is 2.35. The van der Waals surface area contributed by atoms with Crippen LogP contribution in [0.1, 0.15) is 44.9 Å². The van der Waals surface area contributed by atoms with E-state index >= 15 is 0 Å². The van der Waals surface area contributed by atoms with Gasteiger partial charge in [0.25, 0.3) is 0 Å². The number of carboxylic acids is 1. The van der Waals surface area contributed by atoms with Gasteiger partial charge >= 0.3 is 5.97 Å². The van der Waals surface area contributed by atoms with Gasteiger partial charge in [-0.3, -0.25) is 4.79 Å². The van der Waals surface area contributed by atoms with Crippen molar-refractivity contribution in [2.75, 3.05) is 20.0 Å². The maximum atomic E-state index is 10.8. The van der Waals surface area contributed by atoms with Crippen molar-refractivity contribution < 1.29 is 14.6 Å². The fourth-order valence-electron chi connectivity index (χ4n) is 1.67. The van der Waals surface area contributed by atoms with Crippen molar-refractivity contribution in [3.8, 4) is 0 Å². The molecule has 1 N–H and O–H groups in total. The average molecular weight is 274 g/mol. The predicted molar refractivity (Wildman–Crippen MR) is 78.3 cm³/mol. The molecule has 0 aromatic rings. The first kappa shape index (κ1) is 17.5. The molecule has 0 aliphatic rings. The Kier molecular flexibility index (Phi) is 12.6. The van der Waals surface area contributed by atoms with Gasteiger partial charge in [0.05, 0.1) is 0 Å². The van der Waals surface area contributed by atoms with E-state index in [0.29, 0.717) is 6.42 Å². The van der Waals surface area contributed by atoms with Crippen LogP contribution in [0.3, 0.4) is 0 Å². The van der Waals surface area contributed by atoms with Crippen molar-refractivity contribution in [3.63, 3.8) is 0 Å². The predicted octanol–water partition coefficient (Wildman–Crippen LogP) is 3.74. The van der Waals surface area contributed by atoms with Crippen LogP contribution < -0.4 is 0 Å². The number of hydrogen-bond donors (Lipinski definition) is 1. The van der Waals surface area contributed by atoms with Crippen LogP contribution in [-0.2, 0) is 9.53 Å². The van der Waals surface area contributed by atoms with Gasteiger partial charge < -0.3 is 9.84 Å². The number of methoxy groups -OCH3 is 1. The molecule has 4 heteroatoms. The van der Waals surface area contributed by atoms with Crippen molar-refractivity contribution in [2.45, 2.75) is 50.2 Å². The number of carbonyl (C=O) groups is 1. The van der Waals surface area contributed by atoms with Gasteiger partial charge in [0.2, 0.25) is 0 Å². The molecule has 0 radical (unpaired) electrons. The third-order valence-corrected chi connectivity index (χ3v) is 3.76. The van der Waals surface area contributed by atoms with E-state index < -0.39 is 5.97 Å². The molecular weight excluding hydrogens is 248 g/mol. The molecule has 1 unspecified atom stereocenters. The van der Waals surface area contributed by atoms with E-state index in [4.69, 9.17) is 9.84 Å². The van der Waals surface area contributed by atoms with Gasteiger partial charge in [0, 0.05) is 13.7 Å². The first-order chi connectivity index (χ1) is 8.72. The minimum atomic E-state index is -0.717. The van der Waals surface area contributed by atoms with Gasteiger partial charge in [-0.2, -0.15) is 0 Å². The number of rotatable bonds is 12. The largest absolute Gasteiger partial charge is 0.480 e. The minimum Gasteiger partial charge on any atom is -0.480 e. The summed E-state index contributed by atoms with van der Waals surface area (Å²) >= 11 is 1.39. The lowest BCUT2D eigenvalue weighted by molar-refractivity contribution is -0.136. The van der Waals surface area contributed by atoms with Crippen LogP contribution in [0.25, 0.3) is 0 Å². The zero-order chi connectivity index (χ0) is 13.6. The number of aliphatic carboxylic acids is 1. The van der Waals surface area contributed by atoms with E-state index in [2.05, 4.69) is 6.08 Å². The fourth-order valence-corrected chi connectivity index (χ4v) is 2.18. The fraction of sp³-hybridized carbons (Fsp3) is 0.786. The van der Waals surface area contributed by atoms with Crippen molar-refractivity contribution in [1.29, 1.82) is 0 Å². The molecule has 0 fully saturated rings.